The zero-order chi connectivity index (χ0) is 12.8. The summed E-state index contributed by atoms with van der Waals surface area (Å²) in [4.78, 5) is 8.74. The highest BCUT2D eigenvalue weighted by molar-refractivity contribution is 5.57. The molecular weight excluding hydrogens is 216 g/mol. The Morgan fingerprint density at radius 1 is 1.24 bits per heavy atom. The summed E-state index contributed by atoms with van der Waals surface area (Å²) in [6, 6.07) is 0.229. The molecule has 5 nitrogen and oxygen atoms in total. The second kappa shape index (κ2) is 6.39. The monoisotopic (exact) mass is 238 g/mol. The fraction of sp³-hybridized carbons (Fsp3) is 0.667. The van der Waals surface area contributed by atoms with Crippen molar-refractivity contribution in [3.05, 3.63) is 11.4 Å². The SMILES string of the molecule is CCOCC(C)Nc1nc(C)nc(NC)c1C. The van der Waals surface area contributed by atoms with Gasteiger partial charge < -0.3 is 15.4 Å². The Balaban J connectivity index is 2.79. The molecule has 0 aliphatic carbocycles. The Kier molecular flexibility index (Phi) is 5.15. The van der Waals surface area contributed by atoms with Crippen LogP contribution in [0.4, 0.5) is 11.6 Å². The average molecular weight is 238 g/mol. The second-order valence-corrected chi connectivity index (χ2v) is 4.05. The summed E-state index contributed by atoms with van der Waals surface area (Å²) in [5.74, 6) is 2.49. The highest BCUT2D eigenvalue weighted by atomic mass is 16.5. The molecule has 0 bridgehead atoms. The number of hydrogen-bond acceptors (Lipinski definition) is 5. The molecule has 0 saturated heterocycles. The standard InChI is InChI=1S/C12H22N4O/c1-6-17-7-8(2)14-12-9(3)11(13-5)15-10(4)16-12/h8H,6-7H2,1-5H3,(H2,13,14,15,16). The number of rotatable bonds is 6. The molecule has 0 fully saturated rings. The molecule has 0 amide bonds. The predicted octanol–water partition coefficient (Wildman–Crippen LogP) is 1.97. The third-order valence-electron chi connectivity index (χ3n) is 2.45. The van der Waals surface area contributed by atoms with Gasteiger partial charge in [0, 0.05) is 25.3 Å². The zero-order valence-corrected chi connectivity index (χ0v) is 11.3. The first-order valence-electron chi connectivity index (χ1n) is 5.95. The number of anilines is 2. The normalized spacial score (nSPS) is 12.3. The lowest BCUT2D eigenvalue weighted by atomic mass is 10.2. The number of ether oxygens (including phenoxy) is 1. The van der Waals surface area contributed by atoms with Crippen LogP contribution in [0.2, 0.25) is 0 Å². The molecule has 1 unspecified atom stereocenters. The lowest BCUT2D eigenvalue weighted by Gasteiger charge is -2.17. The van der Waals surface area contributed by atoms with Crippen molar-refractivity contribution in [2.45, 2.75) is 33.7 Å². The number of nitrogens with zero attached hydrogens (tertiary/aromatic N) is 2. The molecule has 0 spiro atoms. The van der Waals surface area contributed by atoms with Crippen LogP contribution < -0.4 is 10.6 Å². The van der Waals surface area contributed by atoms with Crippen molar-refractivity contribution in [3.8, 4) is 0 Å². The number of hydrogen-bond donors (Lipinski definition) is 2. The fourth-order valence-corrected chi connectivity index (χ4v) is 1.58. The second-order valence-electron chi connectivity index (χ2n) is 4.05. The molecule has 17 heavy (non-hydrogen) atoms. The van der Waals surface area contributed by atoms with Crippen molar-refractivity contribution in [1.82, 2.24) is 9.97 Å². The molecule has 1 atom stereocenters. The van der Waals surface area contributed by atoms with Crippen LogP contribution in [0.15, 0.2) is 0 Å². The van der Waals surface area contributed by atoms with E-state index in [0.717, 1.165) is 29.6 Å². The van der Waals surface area contributed by atoms with Crippen LogP contribution in [-0.4, -0.2) is 36.3 Å². The van der Waals surface area contributed by atoms with Crippen LogP contribution in [0.5, 0.6) is 0 Å². The molecule has 0 saturated carbocycles. The Bertz CT molecular complexity index is 368. The smallest absolute Gasteiger partial charge is 0.135 e. The van der Waals surface area contributed by atoms with Crippen molar-refractivity contribution >= 4 is 11.6 Å². The fourth-order valence-electron chi connectivity index (χ4n) is 1.58. The van der Waals surface area contributed by atoms with Crippen molar-refractivity contribution in [3.63, 3.8) is 0 Å². The van der Waals surface area contributed by atoms with Crippen LogP contribution in [0.1, 0.15) is 25.2 Å². The van der Waals surface area contributed by atoms with Gasteiger partial charge in [-0.25, -0.2) is 9.97 Å². The molecule has 2 N–H and O–H groups in total. The third kappa shape index (κ3) is 3.85. The van der Waals surface area contributed by atoms with E-state index in [-0.39, 0.29) is 6.04 Å². The van der Waals surface area contributed by atoms with E-state index in [1.54, 1.807) is 0 Å². The summed E-state index contributed by atoms with van der Waals surface area (Å²) >= 11 is 0. The largest absolute Gasteiger partial charge is 0.380 e. The van der Waals surface area contributed by atoms with Gasteiger partial charge in [-0.2, -0.15) is 0 Å². The highest BCUT2D eigenvalue weighted by Gasteiger charge is 2.10. The van der Waals surface area contributed by atoms with Gasteiger partial charge >= 0.3 is 0 Å². The first-order chi connectivity index (χ1) is 8.08. The molecule has 0 aliphatic heterocycles. The van der Waals surface area contributed by atoms with Crippen LogP contribution in [0.25, 0.3) is 0 Å². The van der Waals surface area contributed by atoms with Gasteiger partial charge in [-0.3, -0.25) is 0 Å². The van der Waals surface area contributed by atoms with Crippen molar-refractivity contribution in [2.75, 3.05) is 30.9 Å². The van der Waals surface area contributed by atoms with Crippen LogP contribution in [-0.2, 0) is 4.74 Å². The maximum absolute atomic E-state index is 5.37. The van der Waals surface area contributed by atoms with Crippen LogP contribution in [0.3, 0.4) is 0 Å². The van der Waals surface area contributed by atoms with Gasteiger partial charge in [0.2, 0.25) is 0 Å². The van der Waals surface area contributed by atoms with Crippen molar-refractivity contribution < 1.29 is 4.74 Å². The minimum atomic E-state index is 0.229. The summed E-state index contributed by atoms with van der Waals surface area (Å²) in [6.07, 6.45) is 0. The average Bonchev–Trinajstić information content (AvgIpc) is 2.30. The Hall–Kier alpha value is -1.36. The van der Waals surface area contributed by atoms with Gasteiger partial charge in [-0.15, -0.1) is 0 Å². The molecule has 5 heteroatoms. The van der Waals surface area contributed by atoms with Crippen molar-refractivity contribution in [2.24, 2.45) is 0 Å². The Morgan fingerprint density at radius 2 is 1.88 bits per heavy atom. The molecule has 1 heterocycles. The highest BCUT2D eigenvalue weighted by Crippen LogP contribution is 2.19. The molecule has 0 aromatic carbocycles. The molecular formula is C12H22N4O. The van der Waals surface area contributed by atoms with E-state index in [0.29, 0.717) is 6.61 Å². The maximum atomic E-state index is 5.37. The molecule has 1 aromatic heterocycles. The molecule has 1 aromatic rings. The van der Waals surface area contributed by atoms with E-state index in [2.05, 4.69) is 27.5 Å². The van der Waals surface area contributed by atoms with E-state index in [1.807, 2.05) is 27.8 Å². The van der Waals surface area contributed by atoms with Crippen LogP contribution in [0, 0.1) is 13.8 Å². The minimum Gasteiger partial charge on any atom is -0.380 e. The number of nitrogens with one attached hydrogen (secondary N) is 2. The van der Waals surface area contributed by atoms with Gasteiger partial charge in [-0.1, -0.05) is 0 Å². The predicted molar refractivity (Wildman–Crippen MR) is 70.6 cm³/mol. The maximum Gasteiger partial charge on any atom is 0.135 e. The molecule has 0 radical (unpaired) electrons. The molecule has 1 rings (SSSR count). The number of aromatic nitrogens is 2. The lowest BCUT2D eigenvalue weighted by molar-refractivity contribution is 0.141. The van der Waals surface area contributed by atoms with Crippen molar-refractivity contribution in [1.29, 1.82) is 0 Å². The summed E-state index contributed by atoms with van der Waals surface area (Å²) in [6.45, 7) is 9.36. The van der Waals surface area contributed by atoms with E-state index in [9.17, 15) is 0 Å². The van der Waals surface area contributed by atoms with E-state index >= 15 is 0 Å². The summed E-state index contributed by atoms with van der Waals surface area (Å²) in [7, 11) is 1.86. The van der Waals surface area contributed by atoms with Gasteiger partial charge in [0.15, 0.2) is 0 Å². The first-order valence-corrected chi connectivity index (χ1v) is 5.95. The molecule has 0 aliphatic rings. The van der Waals surface area contributed by atoms with E-state index < -0.39 is 0 Å². The summed E-state index contributed by atoms with van der Waals surface area (Å²) in [5.41, 5.74) is 1.03. The molecule has 96 valence electrons. The Morgan fingerprint density at radius 3 is 2.47 bits per heavy atom. The van der Waals surface area contributed by atoms with E-state index in [4.69, 9.17) is 4.74 Å². The van der Waals surface area contributed by atoms with Gasteiger partial charge in [0.25, 0.3) is 0 Å². The Labute approximate surface area is 103 Å². The topological polar surface area (TPSA) is 59.1 Å². The minimum absolute atomic E-state index is 0.229. The van der Waals surface area contributed by atoms with Gasteiger partial charge in [-0.05, 0) is 27.7 Å². The summed E-state index contributed by atoms with van der Waals surface area (Å²) < 4.78 is 5.37. The lowest BCUT2D eigenvalue weighted by Crippen LogP contribution is -2.23. The van der Waals surface area contributed by atoms with Gasteiger partial charge in [0.1, 0.15) is 17.5 Å². The van der Waals surface area contributed by atoms with E-state index in [1.165, 1.54) is 0 Å². The zero-order valence-electron chi connectivity index (χ0n) is 11.3. The van der Waals surface area contributed by atoms with Gasteiger partial charge in [0.05, 0.1) is 6.61 Å². The van der Waals surface area contributed by atoms with Crippen LogP contribution >= 0.6 is 0 Å². The number of aryl methyl sites for hydroxylation is 1. The first kappa shape index (κ1) is 13.7. The quantitative estimate of drug-likeness (QED) is 0.793. The summed E-state index contributed by atoms with van der Waals surface area (Å²) in [5, 5.41) is 6.41. The third-order valence-corrected chi connectivity index (χ3v) is 2.45.